The van der Waals surface area contributed by atoms with E-state index in [2.05, 4.69) is 0 Å². The van der Waals surface area contributed by atoms with E-state index in [1.807, 2.05) is 0 Å². The molecule has 0 bridgehead atoms. The highest BCUT2D eigenvalue weighted by atomic mass is 35.5. The van der Waals surface area contributed by atoms with Crippen LogP contribution < -0.4 is 11.5 Å². The van der Waals surface area contributed by atoms with Crippen molar-refractivity contribution in [3.63, 3.8) is 0 Å². The molecule has 4 N–H and O–H groups in total. The molecule has 0 unspecified atom stereocenters. The molecule has 0 heterocycles. The standard InChI is InChI=1S/C8H8ClFN2O/c9-3-7(13)8-5(11)1-4(10)2-6(8)12/h1-2H,3,11-12H2. The van der Waals surface area contributed by atoms with Crippen molar-refractivity contribution in [3.8, 4) is 0 Å². The molecule has 0 spiro atoms. The lowest BCUT2D eigenvalue weighted by atomic mass is 10.1. The van der Waals surface area contributed by atoms with Gasteiger partial charge in [-0.25, -0.2) is 4.39 Å². The van der Waals surface area contributed by atoms with Crippen molar-refractivity contribution in [3.05, 3.63) is 23.5 Å². The molecule has 70 valence electrons. The molecular formula is C8H8ClFN2O. The number of carbonyl (C=O) groups excluding carboxylic acids is 1. The summed E-state index contributed by atoms with van der Waals surface area (Å²) in [5.74, 6) is -1.20. The van der Waals surface area contributed by atoms with Crippen molar-refractivity contribution in [1.29, 1.82) is 0 Å². The Kier molecular flexibility index (Phi) is 2.72. The Morgan fingerprint density at radius 2 is 1.85 bits per heavy atom. The lowest BCUT2D eigenvalue weighted by Crippen LogP contribution is -2.09. The fourth-order valence-electron chi connectivity index (χ4n) is 1.04. The smallest absolute Gasteiger partial charge is 0.181 e. The van der Waals surface area contributed by atoms with E-state index in [4.69, 9.17) is 23.1 Å². The SMILES string of the molecule is Nc1cc(F)cc(N)c1C(=O)CCl. The summed E-state index contributed by atoms with van der Waals surface area (Å²) in [6, 6.07) is 2.08. The second-order valence-corrected chi connectivity index (χ2v) is 2.78. The minimum atomic E-state index is -0.568. The Morgan fingerprint density at radius 3 is 2.23 bits per heavy atom. The number of benzene rings is 1. The number of nitrogen functional groups attached to an aromatic ring is 2. The van der Waals surface area contributed by atoms with Crippen LogP contribution >= 0.6 is 11.6 Å². The zero-order valence-electron chi connectivity index (χ0n) is 6.68. The summed E-state index contributed by atoms with van der Waals surface area (Å²) in [5, 5.41) is 0. The number of hydrogen-bond acceptors (Lipinski definition) is 3. The maximum atomic E-state index is 12.7. The Hall–Kier alpha value is -1.29. The monoisotopic (exact) mass is 202 g/mol. The third-order valence-electron chi connectivity index (χ3n) is 1.56. The predicted molar refractivity (Wildman–Crippen MR) is 50.3 cm³/mol. The summed E-state index contributed by atoms with van der Waals surface area (Å²) >= 11 is 5.32. The van der Waals surface area contributed by atoms with Gasteiger partial charge >= 0.3 is 0 Å². The van der Waals surface area contributed by atoms with Crippen LogP contribution in [0.15, 0.2) is 12.1 Å². The molecule has 0 amide bonds. The lowest BCUT2D eigenvalue weighted by Gasteiger charge is -2.06. The topological polar surface area (TPSA) is 69.1 Å². The van der Waals surface area contributed by atoms with Crippen LogP contribution in [0.5, 0.6) is 0 Å². The highest BCUT2D eigenvalue weighted by molar-refractivity contribution is 6.31. The molecule has 1 aromatic rings. The van der Waals surface area contributed by atoms with Crippen molar-refractivity contribution in [2.45, 2.75) is 0 Å². The maximum absolute atomic E-state index is 12.7. The number of nitrogens with two attached hydrogens (primary N) is 2. The van der Waals surface area contributed by atoms with Crippen LogP contribution in [0.4, 0.5) is 15.8 Å². The third-order valence-corrected chi connectivity index (χ3v) is 1.81. The van der Waals surface area contributed by atoms with Gasteiger partial charge in [0.15, 0.2) is 5.78 Å². The number of hydrogen-bond donors (Lipinski definition) is 2. The van der Waals surface area contributed by atoms with Crippen LogP contribution in [0, 0.1) is 5.82 Å². The van der Waals surface area contributed by atoms with E-state index >= 15 is 0 Å². The molecule has 0 saturated carbocycles. The predicted octanol–water partition coefficient (Wildman–Crippen LogP) is 1.41. The van der Waals surface area contributed by atoms with Crippen molar-refractivity contribution in [1.82, 2.24) is 0 Å². The van der Waals surface area contributed by atoms with Crippen molar-refractivity contribution >= 4 is 28.8 Å². The molecule has 0 atom stereocenters. The summed E-state index contributed by atoms with van der Waals surface area (Å²) in [7, 11) is 0. The molecule has 0 radical (unpaired) electrons. The maximum Gasteiger partial charge on any atom is 0.181 e. The zero-order chi connectivity index (χ0) is 10.0. The Morgan fingerprint density at radius 1 is 1.38 bits per heavy atom. The van der Waals surface area contributed by atoms with Crippen LogP contribution in [-0.2, 0) is 0 Å². The van der Waals surface area contributed by atoms with Gasteiger partial charge < -0.3 is 11.5 Å². The van der Waals surface area contributed by atoms with E-state index in [9.17, 15) is 9.18 Å². The van der Waals surface area contributed by atoms with Crippen LogP contribution in [0.2, 0.25) is 0 Å². The molecule has 0 aromatic heterocycles. The summed E-state index contributed by atoms with van der Waals surface area (Å²) < 4.78 is 12.7. The minimum Gasteiger partial charge on any atom is -0.398 e. The summed E-state index contributed by atoms with van der Waals surface area (Å²) in [6.07, 6.45) is 0. The molecule has 0 aliphatic heterocycles. The molecule has 0 aliphatic carbocycles. The first kappa shape index (κ1) is 9.80. The van der Waals surface area contributed by atoms with Gasteiger partial charge in [-0.15, -0.1) is 11.6 Å². The molecule has 5 heteroatoms. The number of Topliss-reactive ketones (excluding diaryl/α,β-unsaturated/α-hetero) is 1. The van der Waals surface area contributed by atoms with Crippen LogP contribution in [0.1, 0.15) is 10.4 Å². The summed E-state index contributed by atoms with van der Waals surface area (Å²) in [5.41, 5.74) is 10.9. The van der Waals surface area contributed by atoms with Crippen LogP contribution in [0.25, 0.3) is 0 Å². The number of rotatable bonds is 2. The number of anilines is 2. The second-order valence-electron chi connectivity index (χ2n) is 2.52. The summed E-state index contributed by atoms with van der Waals surface area (Å²) in [4.78, 5) is 11.2. The Balaban J connectivity index is 3.28. The van der Waals surface area contributed by atoms with Gasteiger partial charge in [0.25, 0.3) is 0 Å². The fraction of sp³-hybridized carbons (Fsp3) is 0.125. The number of alkyl halides is 1. The quantitative estimate of drug-likeness (QED) is 0.433. The zero-order valence-corrected chi connectivity index (χ0v) is 7.44. The number of halogens is 2. The molecule has 1 aromatic carbocycles. The Bertz CT molecular complexity index is 331. The number of ketones is 1. The average molecular weight is 203 g/mol. The van der Waals surface area contributed by atoms with Crippen LogP contribution in [-0.4, -0.2) is 11.7 Å². The van der Waals surface area contributed by atoms with Gasteiger partial charge in [0.2, 0.25) is 0 Å². The van der Waals surface area contributed by atoms with Gasteiger partial charge in [0.1, 0.15) is 5.82 Å². The molecular weight excluding hydrogens is 195 g/mol. The first-order chi connectivity index (χ1) is 6.06. The van der Waals surface area contributed by atoms with E-state index in [0.29, 0.717) is 0 Å². The van der Waals surface area contributed by atoms with Gasteiger partial charge in [-0.05, 0) is 12.1 Å². The molecule has 0 fully saturated rings. The Labute approximate surface area is 79.5 Å². The van der Waals surface area contributed by atoms with E-state index in [0.717, 1.165) is 12.1 Å². The van der Waals surface area contributed by atoms with E-state index in [1.165, 1.54) is 0 Å². The fourth-order valence-corrected chi connectivity index (χ4v) is 1.17. The van der Waals surface area contributed by atoms with E-state index in [-0.39, 0.29) is 22.8 Å². The van der Waals surface area contributed by atoms with Gasteiger partial charge in [-0.1, -0.05) is 0 Å². The van der Waals surface area contributed by atoms with E-state index < -0.39 is 11.6 Å². The second kappa shape index (κ2) is 3.62. The first-order valence-electron chi connectivity index (χ1n) is 3.50. The van der Waals surface area contributed by atoms with Gasteiger partial charge in [-0.3, -0.25) is 4.79 Å². The highest BCUT2D eigenvalue weighted by Crippen LogP contribution is 2.22. The molecule has 1 rings (SSSR count). The largest absolute Gasteiger partial charge is 0.398 e. The molecule has 13 heavy (non-hydrogen) atoms. The minimum absolute atomic E-state index is 0.0168. The molecule has 0 aliphatic rings. The molecule has 0 saturated heterocycles. The van der Waals surface area contributed by atoms with Gasteiger partial charge in [0.05, 0.1) is 11.4 Å². The van der Waals surface area contributed by atoms with Gasteiger partial charge in [0, 0.05) is 11.4 Å². The van der Waals surface area contributed by atoms with E-state index in [1.54, 1.807) is 0 Å². The normalized spacial score (nSPS) is 10.0. The first-order valence-corrected chi connectivity index (χ1v) is 4.03. The average Bonchev–Trinajstić information content (AvgIpc) is 2.02. The molecule has 3 nitrogen and oxygen atoms in total. The van der Waals surface area contributed by atoms with Crippen LogP contribution in [0.3, 0.4) is 0 Å². The third kappa shape index (κ3) is 1.89. The van der Waals surface area contributed by atoms with Crippen molar-refractivity contribution < 1.29 is 9.18 Å². The van der Waals surface area contributed by atoms with Crippen molar-refractivity contribution in [2.24, 2.45) is 0 Å². The van der Waals surface area contributed by atoms with Crippen molar-refractivity contribution in [2.75, 3.05) is 17.3 Å². The van der Waals surface area contributed by atoms with Gasteiger partial charge in [-0.2, -0.15) is 0 Å². The highest BCUT2D eigenvalue weighted by Gasteiger charge is 2.13. The lowest BCUT2D eigenvalue weighted by molar-refractivity contribution is 0.102. The number of carbonyl (C=O) groups is 1. The summed E-state index contributed by atoms with van der Waals surface area (Å²) in [6.45, 7) is 0.